The summed E-state index contributed by atoms with van der Waals surface area (Å²) in [5.41, 5.74) is 6.57. The maximum atomic E-state index is 13.2. The van der Waals surface area contributed by atoms with Crippen LogP contribution in [0.5, 0.6) is 5.75 Å². The van der Waals surface area contributed by atoms with E-state index < -0.39 is 23.7 Å². The third-order valence-electron chi connectivity index (χ3n) is 4.03. The van der Waals surface area contributed by atoms with Crippen LogP contribution >= 0.6 is 0 Å². The van der Waals surface area contributed by atoms with Gasteiger partial charge in [-0.1, -0.05) is 12.1 Å². The second kappa shape index (κ2) is 7.86. The van der Waals surface area contributed by atoms with Crippen molar-refractivity contribution in [1.82, 2.24) is 0 Å². The van der Waals surface area contributed by atoms with E-state index in [4.69, 9.17) is 10.5 Å². The third-order valence-corrected chi connectivity index (χ3v) is 4.03. The van der Waals surface area contributed by atoms with Gasteiger partial charge in [-0.3, -0.25) is 14.6 Å². The predicted octanol–water partition coefficient (Wildman–Crippen LogP) is 2.28. The predicted molar refractivity (Wildman–Crippen MR) is 100 cm³/mol. The van der Waals surface area contributed by atoms with Crippen LogP contribution < -0.4 is 20.8 Å². The molecule has 1 unspecified atom stereocenters. The number of carbonyl (C=O) groups excluding carboxylic acids is 2. The molecule has 140 valence electrons. The molecule has 1 heterocycles. The summed E-state index contributed by atoms with van der Waals surface area (Å²) in [7, 11) is 0. The Bertz CT molecular complexity index is 883. The van der Waals surface area contributed by atoms with Crippen LogP contribution in [0.4, 0.5) is 15.8 Å². The van der Waals surface area contributed by atoms with Gasteiger partial charge in [0.15, 0.2) is 0 Å². The number of hydrazone groups is 1. The van der Waals surface area contributed by atoms with Crippen molar-refractivity contribution in [3.8, 4) is 5.75 Å². The molecule has 1 atom stereocenters. The lowest BCUT2D eigenvalue weighted by molar-refractivity contribution is -0.119. The highest BCUT2D eigenvalue weighted by molar-refractivity contribution is 6.44. The first-order valence-electron chi connectivity index (χ1n) is 8.44. The van der Waals surface area contributed by atoms with E-state index in [1.807, 2.05) is 6.92 Å². The van der Waals surface area contributed by atoms with Crippen molar-refractivity contribution < 1.29 is 18.7 Å². The van der Waals surface area contributed by atoms with Gasteiger partial charge in [-0.2, -0.15) is 5.10 Å². The van der Waals surface area contributed by atoms with Crippen molar-refractivity contribution >= 4 is 28.9 Å². The van der Waals surface area contributed by atoms with E-state index in [1.54, 1.807) is 24.3 Å². The van der Waals surface area contributed by atoms with Crippen LogP contribution in [0.2, 0.25) is 0 Å². The Morgan fingerprint density at radius 2 is 1.96 bits per heavy atom. The van der Waals surface area contributed by atoms with E-state index in [2.05, 4.69) is 10.4 Å². The molecule has 7 nitrogen and oxygen atoms in total. The summed E-state index contributed by atoms with van der Waals surface area (Å²) in [6.45, 7) is 2.30. The zero-order valence-electron chi connectivity index (χ0n) is 14.7. The number of anilines is 2. The number of nitrogens with two attached hydrogens (primary N) is 1. The maximum Gasteiger partial charge on any atom is 0.272 e. The summed E-state index contributed by atoms with van der Waals surface area (Å²) in [6.07, 6.45) is 0.0509. The van der Waals surface area contributed by atoms with Crippen LogP contribution in [0.15, 0.2) is 53.6 Å². The van der Waals surface area contributed by atoms with Gasteiger partial charge in [-0.25, -0.2) is 4.39 Å². The van der Waals surface area contributed by atoms with Crippen molar-refractivity contribution in [1.29, 1.82) is 0 Å². The Kier molecular flexibility index (Phi) is 5.35. The van der Waals surface area contributed by atoms with E-state index in [0.29, 0.717) is 23.7 Å². The van der Waals surface area contributed by atoms with E-state index in [1.165, 1.54) is 29.3 Å². The number of benzene rings is 2. The molecule has 0 bridgehead atoms. The number of ether oxygens (including phenoxy) is 1. The van der Waals surface area contributed by atoms with Crippen molar-refractivity contribution in [2.75, 3.05) is 16.9 Å². The van der Waals surface area contributed by atoms with Crippen LogP contribution in [0.1, 0.15) is 13.3 Å². The van der Waals surface area contributed by atoms with Gasteiger partial charge in [0.05, 0.1) is 18.0 Å². The highest BCUT2D eigenvalue weighted by atomic mass is 19.1. The minimum Gasteiger partial charge on any atom is -0.492 e. The van der Waals surface area contributed by atoms with E-state index in [0.717, 1.165) is 0 Å². The summed E-state index contributed by atoms with van der Waals surface area (Å²) in [6, 6.07) is 11.6. The van der Waals surface area contributed by atoms with Crippen molar-refractivity contribution in [2.45, 2.75) is 19.4 Å². The van der Waals surface area contributed by atoms with Gasteiger partial charge in [0, 0.05) is 6.42 Å². The summed E-state index contributed by atoms with van der Waals surface area (Å²) in [5, 5.41) is 8.32. The minimum absolute atomic E-state index is 0.0509. The fourth-order valence-corrected chi connectivity index (χ4v) is 2.75. The first kappa shape index (κ1) is 18.4. The number of para-hydroxylation sites is 2. The lowest BCUT2D eigenvalue weighted by Gasteiger charge is -2.20. The van der Waals surface area contributed by atoms with Gasteiger partial charge in [0.1, 0.15) is 23.3 Å². The second-order valence-corrected chi connectivity index (χ2v) is 5.87. The molecule has 27 heavy (non-hydrogen) atoms. The number of hydrogen-bond donors (Lipinski definition) is 2. The number of halogens is 1. The minimum atomic E-state index is -0.821. The molecule has 2 aromatic rings. The van der Waals surface area contributed by atoms with Crippen molar-refractivity contribution in [2.24, 2.45) is 10.8 Å². The molecule has 0 aromatic heterocycles. The second-order valence-electron chi connectivity index (χ2n) is 5.87. The number of nitrogens with one attached hydrogen (secondary N) is 1. The molecule has 0 spiro atoms. The Morgan fingerprint density at radius 3 is 2.63 bits per heavy atom. The highest BCUT2D eigenvalue weighted by Crippen LogP contribution is 2.27. The first-order chi connectivity index (χ1) is 13.0. The smallest absolute Gasteiger partial charge is 0.272 e. The molecular weight excluding hydrogens is 351 g/mol. The molecule has 0 aliphatic carbocycles. The van der Waals surface area contributed by atoms with Gasteiger partial charge < -0.3 is 15.8 Å². The largest absolute Gasteiger partial charge is 0.492 e. The van der Waals surface area contributed by atoms with E-state index >= 15 is 0 Å². The number of rotatable bonds is 6. The number of amides is 2. The Morgan fingerprint density at radius 1 is 1.26 bits per heavy atom. The molecule has 0 saturated heterocycles. The van der Waals surface area contributed by atoms with Crippen LogP contribution in [0, 0.1) is 5.82 Å². The summed E-state index contributed by atoms with van der Waals surface area (Å²) < 4.78 is 18.6. The molecule has 2 amide bonds. The number of nitrogens with zero attached hydrogens (tertiary/aromatic N) is 2. The Labute approximate surface area is 155 Å². The van der Waals surface area contributed by atoms with Gasteiger partial charge >= 0.3 is 0 Å². The maximum absolute atomic E-state index is 13.2. The Hall–Kier alpha value is -3.42. The molecule has 1 aliphatic rings. The summed E-state index contributed by atoms with van der Waals surface area (Å²) in [4.78, 5) is 24.4. The fraction of sp³-hybridized carbons (Fsp3) is 0.211. The number of primary amides is 1. The molecule has 2 aromatic carbocycles. The molecule has 0 radical (unpaired) electrons. The van der Waals surface area contributed by atoms with Crippen molar-refractivity contribution in [3.63, 3.8) is 0 Å². The lowest BCUT2D eigenvalue weighted by Crippen LogP contribution is -2.39. The molecule has 0 fully saturated rings. The van der Waals surface area contributed by atoms with Crippen LogP contribution in [0.3, 0.4) is 0 Å². The zero-order chi connectivity index (χ0) is 19.4. The van der Waals surface area contributed by atoms with Crippen molar-refractivity contribution in [3.05, 3.63) is 54.3 Å². The van der Waals surface area contributed by atoms with Gasteiger partial charge in [0.2, 0.25) is 5.91 Å². The number of hydrogen-bond acceptors (Lipinski definition) is 5. The zero-order valence-corrected chi connectivity index (χ0v) is 14.7. The van der Waals surface area contributed by atoms with Gasteiger partial charge in [-0.05, 0) is 43.3 Å². The highest BCUT2D eigenvalue weighted by Gasteiger charge is 2.35. The third kappa shape index (κ3) is 4.05. The standard InChI is InChI=1S/C19H19FN4O3/c1-2-27-17-6-4-3-5-14(17)22-19(26)15-11-16(18(21)25)24(23-15)13-9-7-12(20)8-10-13/h3-10,16H,2,11H2,1H3,(H2,21,25)(H,22,26). The molecular formula is C19H19FN4O3. The normalized spacial score (nSPS) is 16.0. The Balaban J connectivity index is 1.83. The van der Waals surface area contributed by atoms with Gasteiger partial charge in [0.25, 0.3) is 5.91 Å². The van der Waals surface area contributed by atoms with Crippen LogP contribution in [0.25, 0.3) is 0 Å². The summed E-state index contributed by atoms with van der Waals surface area (Å²) in [5.74, 6) is -0.963. The topological polar surface area (TPSA) is 97.0 Å². The molecule has 0 saturated carbocycles. The van der Waals surface area contributed by atoms with Crippen LogP contribution in [-0.4, -0.2) is 30.2 Å². The molecule has 8 heteroatoms. The average Bonchev–Trinajstić information content (AvgIpc) is 3.10. The van der Waals surface area contributed by atoms with Crippen LogP contribution in [-0.2, 0) is 9.59 Å². The fourth-order valence-electron chi connectivity index (χ4n) is 2.75. The number of carbonyl (C=O) groups is 2. The summed E-state index contributed by atoms with van der Waals surface area (Å²) >= 11 is 0. The first-order valence-corrected chi connectivity index (χ1v) is 8.44. The molecule has 3 rings (SSSR count). The average molecular weight is 370 g/mol. The molecule has 3 N–H and O–H groups in total. The monoisotopic (exact) mass is 370 g/mol. The van der Waals surface area contributed by atoms with Gasteiger partial charge in [-0.15, -0.1) is 0 Å². The SMILES string of the molecule is CCOc1ccccc1NC(=O)C1=NN(c2ccc(F)cc2)C(C(N)=O)C1. The molecule has 1 aliphatic heterocycles. The van der Waals surface area contributed by atoms with E-state index in [9.17, 15) is 14.0 Å². The quantitative estimate of drug-likeness (QED) is 0.815. The lowest BCUT2D eigenvalue weighted by atomic mass is 10.1. The van der Waals surface area contributed by atoms with E-state index in [-0.39, 0.29) is 12.1 Å².